The molecule has 0 atom stereocenters. The van der Waals surface area contributed by atoms with Gasteiger partial charge in [-0.1, -0.05) is 18.2 Å². The second-order valence-corrected chi connectivity index (χ2v) is 7.01. The average Bonchev–Trinajstić information content (AvgIpc) is 3.04. The van der Waals surface area contributed by atoms with Crippen LogP contribution in [-0.2, 0) is 0 Å². The van der Waals surface area contributed by atoms with Crippen molar-refractivity contribution in [2.45, 2.75) is 18.9 Å². The van der Waals surface area contributed by atoms with Crippen molar-refractivity contribution in [3.63, 3.8) is 0 Å². The highest BCUT2D eigenvalue weighted by Crippen LogP contribution is 2.31. The lowest BCUT2D eigenvalue weighted by Crippen LogP contribution is -2.45. The van der Waals surface area contributed by atoms with E-state index in [1.165, 1.54) is 0 Å². The highest BCUT2D eigenvalue weighted by Gasteiger charge is 2.24. The van der Waals surface area contributed by atoms with Crippen molar-refractivity contribution >= 4 is 38.7 Å². The van der Waals surface area contributed by atoms with Crippen LogP contribution >= 0.6 is 15.9 Å². The molecular weight excluding hydrogens is 382 g/mol. The van der Waals surface area contributed by atoms with Crippen molar-refractivity contribution in [1.82, 2.24) is 20.3 Å². The number of H-pyrrole nitrogens is 1. The molecule has 1 fully saturated rings. The molecule has 3 heterocycles. The zero-order chi connectivity index (χ0) is 17.2. The number of anilines is 1. The molecule has 0 radical (unpaired) electrons. The Hall–Kier alpha value is -2.41. The Kier molecular flexibility index (Phi) is 4.40. The van der Waals surface area contributed by atoms with Gasteiger partial charge in [0, 0.05) is 35.4 Å². The van der Waals surface area contributed by atoms with Crippen LogP contribution in [0, 0.1) is 0 Å². The fourth-order valence-electron chi connectivity index (χ4n) is 3.24. The smallest absolute Gasteiger partial charge is 0.251 e. The Bertz CT molecular complexity index is 887. The molecule has 0 aliphatic carbocycles. The highest BCUT2D eigenvalue weighted by molar-refractivity contribution is 9.10. The summed E-state index contributed by atoms with van der Waals surface area (Å²) in [6.45, 7) is 1.70. The second-order valence-electron chi connectivity index (χ2n) is 6.16. The number of aromatic amines is 1. The topological polar surface area (TPSA) is 73.9 Å². The summed E-state index contributed by atoms with van der Waals surface area (Å²) in [5, 5.41) is 4.15. The summed E-state index contributed by atoms with van der Waals surface area (Å²) in [5.41, 5.74) is 1.54. The van der Waals surface area contributed by atoms with E-state index in [0.29, 0.717) is 5.56 Å². The van der Waals surface area contributed by atoms with E-state index in [2.05, 4.69) is 41.1 Å². The minimum absolute atomic E-state index is 0.00291. The first kappa shape index (κ1) is 16.1. The van der Waals surface area contributed by atoms with Gasteiger partial charge in [0.25, 0.3) is 5.91 Å². The Morgan fingerprint density at radius 3 is 2.72 bits per heavy atom. The molecule has 7 heteroatoms. The number of aromatic nitrogens is 3. The third kappa shape index (κ3) is 3.24. The molecule has 3 aromatic rings. The molecule has 4 rings (SSSR count). The van der Waals surface area contributed by atoms with Crippen LogP contribution in [0.15, 0.2) is 47.3 Å². The highest BCUT2D eigenvalue weighted by atomic mass is 79.9. The molecule has 0 saturated carbocycles. The molecule has 1 saturated heterocycles. The van der Waals surface area contributed by atoms with Crippen molar-refractivity contribution in [1.29, 1.82) is 0 Å². The number of hydrogen-bond acceptors (Lipinski definition) is 4. The van der Waals surface area contributed by atoms with Crippen LogP contribution in [0.4, 0.5) is 5.82 Å². The monoisotopic (exact) mass is 399 g/mol. The molecule has 25 heavy (non-hydrogen) atoms. The number of rotatable bonds is 3. The maximum absolute atomic E-state index is 12.3. The van der Waals surface area contributed by atoms with Gasteiger partial charge in [-0.05, 0) is 40.9 Å². The van der Waals surface area contributed by atoms with E-state index in [1.54, 1.807) is 6.33 Å². The van der Waals surface area contributed by atoms with Crippen LogP contribution in [0.2, 0.25) is 0 Å². The molecule has 1 amide bonds. The average molecular weight is 400 g/mol. The summed E-state index contributed by atoms with van der Waals surface area (Å²) >= 11 is 3.56. The zero-order valence-electron chi connectivity index (χ0n) is 13.6. The van der Waals surface area contributed by atoms with Crippen LogP contribution in [0.5, 0.6) is 0 Å². The number of carbonyl (C=O) groups excluding carboxylic acids is 1. The minimum Gasteiger partial charge on any atom is -0.356 e. The normalized spacial score (nSPS) is 15.5. The van der Waals surface area contributed by atoms with Crippen LogP contribution in [0.3, 0.4) is 0 Å². The number of amides is 1. The molecule has 2 N–H and O–H groups in total. The number of hydrogen-bond donors (Lipinski definition) is 2. The van der Waals surface area contributed by atoms with E-state index in [9.17, 15) is 4.79 Å². The van der Waals surface area contributed by atoms with Gasteiger partial charge in [-0.3, -0.25) is 4.79 Å². The molecule has 2 aromatic heterocycles. The van der Waals surface area contributed by atoms with Gasteiger partial charge >= 0.3 is 0 Å². The fourth-order valence-corrected chi connectivity index (χ4v) is 3.72. The third-order valence-electron chi connectivity index (χ3n) is 4.57. The second kappa shape index (κ2) is 6.84. The zero-order valence-corrected chi connectivity index (χ0v) is 15.2. The number of halogens is 1. The lowest BCUT2D eigenvalue weighted by molar-refractivity contribution is 0.0931. The number of benzene rings is 1. The number of nitrogens with zero attached hydrogens (tertiary/aromatic N) is 3. The summed E-state index contributed by atoms with van der Waals surface area (Å²) < 4.78 is 0.970. The SMILES string of the molecule is O=C(NC1CCN(c2ncnc3[nH]cc(Br)c23)CC1)c1ccccc1. The van der Waals surface area contributed by atoms with Crippen molar-refractivity contribution in [3.05, 3.63) is 52.9 Å². The van der Waals surface area contributed by atoms with Gasteiger partial charge in [-0.2, -0.15) is 0 Å². The molecule has 0 spiro atoms. The minimum atomic E-state index is -0.00291. The maximum atomic E-state index is 12.3. The summed E-state index contributed by atoms with van der Waals surface area (Å²) in [6, 6.07) is 9.54. The van der Waals surface area contributed by atoms with E-state index in [4.69, 9.17) is 0 Å². The van der Waals surface area contributed by atoms with Gasteiger partial charge < -0.3 is 15.2 Å². The van der Waals surface area contributed by atoms with E-state index in [0.717, 1.165) is 47.3 Å². The molecule has 0 unspecified atom stereocenters. The fraction of sp³-hybridized carbons (Fsp3) is 0.278. The van der Waals surface area contributed by atoms with Crippen LogP contribution in [-0.4, -0.2) is 40.0 Å². The van der Waals surface area contributed by atoms with E-state index in [-0.39, 0.29) is 11.9 Å². The molecule has 1 aliphatic rings. The first-order chi connectivity index (χ1) is 12.2. The van der Waals surface area contributed by atoms with Gasteiger partial charge in [0.05, 0.1) is 5.39 Å². The van der Waals surface area contributed by atoms with Crippen molar-refractivity contribution in [2.75, 3.05) is 18.0 Å². The lowest BCUT2D eigenvalue weighted by Gasteiger charge is -2.33. The predicted molar refractivity (Wildman–Crippen MR) is 101 cm³/mol. The van der Waals surface area contributed by atoms with Crippen molar-refractivity contribution < 1.29 is 4.79 Å². The first-order valence-corrected chi connectivity index (χ1v) is 9.10. The number of carbonyl (C=O) groups is 1. The Labute approximate surface area is 153 Å². The van der Waals surface area contributed by atoms with Crippen molar-refractivity contribution in [2.24, 2.45) is 0 Å². The van der Waals surface area contributed by atoms with Gasteiger partial charge in [0.2, 0.25) is 0 Å². The molecular formula is C18H18BrN5O. The molecule has 128 valence electrons. The standard InChI is InChI=1S/C18H18BrN5O/c19-14-10-20-16-15(14)17(22-11-21-16)24-8-6-13(7-9-24)23-18(25)12-4-2-1-3-5-12/h1-5,10-11,13H,6-9H2,(H,23,25)(H,20,21,22). The first-order valence-electron chi connectivity index (χ1n) is 8.31. The quantitative estimate of drug-likeness (QED) is 0.709. The van der Waals surface area contributed by atoms with Gasteiger partial charge in [0.1, 0.15) is 17.8 Å². The largest absolute Gasteiger partial charge is 0.356 e. The Morgan fingerprint density at radius 2 is 1.96 bits per heavy atom. The number of fused-ring (bicyclic) bond motifs is 1. The molecule has 6 nitrogen and oxygen atoms in total. The van der Waals surface area contributed by atoms with Crippen molar-refractivity contribution in [3.8, 4) is 0 Å². The van der Waals surface area contributed by atoms with E-state index >= 15 is 0 Å². The van der Waals surface area contributed by atoms with Crippen LogP contribution in [0.1, 0.15) is 23.2 Å². The summed E-state index contributed by atoms with van der Waals surface area (Å²) in [5.74, 6) is 0.933. The summed E-state index contributed by atoms with van der Waals surface area (Å²) in [6.07, 6.45) is 5.26. The third-order valence-corrected chi connectivity index (χ3v) is 5.19. The molecule has 1 aliphatic heterocycles. The summed E-state index contributed by atoms with van der Waals surface area (Å²) in [7, 11) is 0. The lowest BCUT2D eigenvalue weighted by atomic mass is 10.0. The van der Waals surface area contributed by atoms with Crippen LogP contribution < -0.4 is 10.2 Å². The van der Waals surface area contributed by atoms with Gasteiger partial charge in [0.15, 0.2) is 0 Å². The van der Waals surface area contributed by atoms with Gasteiger partial charge in [-0.25, -0.2) is 9.97 Å². The van der Waals surface area contributed by atoms with E-state index in [1.807, 2.05) is 36.5 Å². The Morgan fingerprint density at radius 1 is 1.20 bits per heavy atom. The predicted octanol–water partition coefficient (Wildman–Crippen LogP) is 3.12. The number of piperidine rings is 1. The van der Waals surface area contributed by atoms with Crippen LogP contribution in [0.25, 0.3) is 11.0 Å². The molecule has 1 aromatic carbocycles. The maximum Gasteiger partial charge on any atom is 0.251 e. The van der Waals surface area contributed by atoms with Gasteiger partial charge in [-0.15, -0.1) is 0 Å². The van der Waals surface area contributed by atoms with E-state index < -0.39 is 0 Å². The summed E-state index contributed by atoms with van der Waals surface area (Å²) in [4.78, 5) is 26.4. The molecule has 0 bridgehead atoms. The Balaban J connectivity index is 1.43. The number of nitrogens with one attached hydrogen (secondary N) is 2.